The summed E-state index contributed by atoms with van der Waals surface area (Å²) in [6.07, 6.45) is 0. The summed E-state index contributed by atoms with van der Waals surface area (Å²) in [5.74, 6) is 2.78. The lowest BCUT2D eigenvalue weighted by Gasteiger charge is -2.29. The van der Waals surface area contributed by atoms with Crippen LogP contribution >= 0.6 is 27.7 Å². The second-order valence-corrected chi connectivity index (χ2v) is 12.8. The van der Waals surface area contributed by atoms with Crippen molar-refractivity contribution < 1.29 is 19.0 Å². The topological polar surface area (TPSA) is 99.5 Å². The summed E-state index contributed by atoms with van der Waals surface area (Å²) in [7, 11) is 1.61. The fraction of sp³-hybridized carbons (Fsp3) is 0.324. The van der Waals surface area contributed by atoms with Gasteiger partial charge in [0.25, 0.3) is 5.91 Å². The molecule has 0 saturated carbocycles. The molecule has 1 aromatic heterocycles. The van der Waals surface area contributed by atoms with Crippen molar-refractivity contribution in [2.24, 2.45) is 0 Å². The highest BCUT2D eigenvalue weighted by Crippen LogP contribution is 2.44. The van der Waals surface area contributed by atoms with Gasteiger partial charge in [-0.15, -0.1) is 5.10 Å². The fourth-order valence-electron chi connectivity index (χ4n) is 5.33. The third kappa shape index (κ3) is 6.84. The van der Waals surface area contributed by atoms with E-state index in [0.717, 1.165) is 16.9 Å². The van der Waals surface area contributed by atoms with E-state index in [2.05, 4.69) is 59.5 Å². The van der Waals surface area contributed by atoms with Gasteiger partial charge in [0.05, 0.1) is 29.4 Å². The number of nitrogens with one attached hydrogen (secondary N) is 2. The molecule has 45 heavy (non-hydrogen) atoms. The van der Waals surface area contributed by atoms with Gasteiger partial charge in [0, 0.05) is 5.70 Å². The van der Waals surface area contributed by atoms with Crippen LogP contribution < -0.4 is 24.8 Å². The molecular weight excluding hydrogens is 654 g/mol. The number of carbonyl (C=O) groups excluding carboxylic acids is 1. The van der Waals surface area contributed by atoms with Crippen molar-refractivity contribution in [3.8, 4) is 17.2 Å². The largest absolute Gasteiger partial charge is 0.493 e. The molecule has 0 spiro atoms. The van der Waals surface area contributed by atoms with Crippen LogP contribution in [0.4, 0.5) is 11.6 Å². The highest BCUT2D eigenvalue weighted by Gasteiger charge is 2.35. The first kappa shape index (κ1) is 32.4. The standard InChI is InChI=1S/C34H38BrN5O4S/c1-8-43-27-13-11-10-12-26(27)37-32(41)29-22(6)36-33-38-34(45-9-2)39-40(33)30(29)23-16-25(35)31(28(17-23)42-7)44-18-24-15-20(4)19(3)14-21(24)5/h10-17,30H,8-9,18H2,1-7H3,(H,37,41)(H,36,38,39). The minimum absolute atomic E-state index is 0.288. The van der Waals surface area contributed by atoms with Gasteiger partial charge in [0.15, 0.2) is 11.5 Å². The molecule has 5 rings (SSSR count). The van der Waals surface area contributed by atoms with Crippen LogP contribution in [0.15, 0.2) is 69.4 Å². The first-order chi connectivity index (χ1) is 21.6. The van der Waals surface area contributed by atoms with E-state index in [9.17, 15) is 4.79 Å². The van der Waals surface area contributed by atoms with E-state index < -0.39 is 6.04 Å². The van der Waals surface area contributed by atoms with Crippen LogP contribution in [0.1, 0.15) is 54.6 Å². The maximum absolute atomic E-state index is 14.1. The minimum Gasteiger partial charge on any atom is -0.493 e. The number of amides is 1. The molecular formula is C34H38BrN5O4S. The van der Waals surface area contributed by atoms with E-state index in [1.807, 2.05) is 57.2 Å². The lowest BCUT2D eigenvalue weighted by Crippen LogP contribution is -2.31. The number of nitrogens with zero attached hydrogens (tertiary/aromatic N) is 3. The number of para-hydroxylation sites is 2. The Labute approximate surface area is 276 Å². The van der Waals surface area contributed by atoms with E-state index in [4.69, 9.17) is 24.3 Å². The third-order valence-electron chi connectivity index (χ3n) is 7.68. The number of hydrogen-bond acceptors (Lipinski definition) is 8. The lowest BCUT2D eigenvalue weighted by atomic mass is 9.94. The highest BCUT2D eigenvalue weighted by atomic mass is 79.9. The molecule has 1 unspecified atom stereocenters. The molecule has 4 aromatic rings. The number of aryl methyl sites for hydroxylation is 3. The molecule has 0 aliphatic carbocycles. The van der Waals surface area contributed by atoms with Gasteiger partial charge in [0.1, 0.15) is 18.4 Å². The number of halogens is 1. The predicted molar refractivity (Wildman–Crippen MR) is 183 cm³/mol. The van der Waals surface area contributed by atoms with Crippen LogP contribution in [-0.4, -0.2) is 40.1 Å². The van der Waals surface area contributed by atoms with E-state index in [0.29, 0.717) is 63.0 Å². The molecule has 1 aliphatic rings. The van der Waals surface area contributed by atoms with Crippen molar-refractivity contribution in [1.29, 1.82) is 0 Å². The number of hydrogen-bond donors (Lipinski definition) is 2. The van der Waals surface area contributed by atoms with Crippen LogP contribution in [0.5, 0.6) is 17.2 Å². The Bertz CT molecular complexity index is 1770. The number of fused-ring (bicyclic) bond motifs is 1. The number of ether oxygens (including phenoxy) is 3. The summed E-state index contributed by atoms with van der Waals surface area (Å²) in [5.41, 5.74) is 7.25. The molecule has 236 valence electrons. The Kier molecular flexibility index (Phi) is 10.1. The van der Waals surface area contributed by atoms with Gasteiger partial charge >= 0.3 is 0 Å². The van der Waals surface area contributed by atoms with Crippen molar-refractivity contribution in [1.82, 2.24) is 14.8 Å². The summed E-state index contributed by atoms with van der Waals surface area (Å²) >= 11 is 5.28. The molecule has 2 N–H and O–H groups in total. The number of benzene rings is 3. The van der Waals surface area contributed by atoms with E-state index >= 15 is 0 Å². The zero-order valence-corrected chi connectivity index (χ0v) is 29.0. The maximum atomic E-state index is 14.1. The molecule has 0 bridgehead atoms. The number of aromatic nitrogens is 3. The number of allylic oxidation sites excluding steroid dienone is 1. The molecule has 1 atom stereocenters. The normalized spacial score (nSPS) is 14.1. The molecule has 0 fully saturated rings. The summed E-state index contributed by atoms with van der Waals surface area (Å²) < 4.78 is 20.4. The summed E-state index contributed by atoms with van der Waals surface area (Å²) in [5, 5.41) is 11.8. The van der Waals surface area contributed by atoms with Gasteiger partial charge < -0.3 is 24.8 Å². The van der Waals surface area contributed by atoms with Crippen molar-refractivity contribution in [2.75, 3.05) is 30.1 Å². The average molecular weight is 693 g/mol. The Morgan fingerprint density at radius 2 is 1.78 bits per heavy atom. The van der Waals surface area contributed by atoms with Crippen LogP contribution in [0.25, 0.3) is 0 Å². The maximum Gasteiger partial charge on any atom is 0.255 e. The second kappa shape index (κ2) is 14.0. The molecule has 1 aliphatic heterocycles. The van der Waals surface area contributed by atoms with Crippen molar-refractivity contribution in [2.45, 2.75) is 59.3 Å². The summed E-state index contributed by atoms with van der Waals surface area (Å²) in [4.78, 5) is 18.8. The van der Waals surface area contributed by atoms with E-state index in [-0.39, 0.29) is 5.91 Å². The smallest absolute Gasteiger partial charge is 0.255 e. The van der Waals surface area contributed by atoms with Crippen molar-refractivity contribution in [3.05, 3.63) is 92.1 Å². The fourth-order valence-corrected chi connectivity index (χ4v) is 6.46. The Hall–Kier alpha value is -3.96. The van der Waals surface area contributed by atoms with Gasteiger partial charge in [0.2, 0.25) is 11.1 Å². The number of thioether (sulfide) groups is 1. The zero-order chi connectivity index (χ0) is 32.2. The number of anilines is 2. The van der Waals surface area contributed by atoms with Crippen LogP contribution in [0.2, 0.25) is 0 Å². The first-order valence-corrected chi connectivity index (χ1v) is 16.6. The molecule has 0 radical (unpaired) electrons. The van der Waals surface area contributed by atoms with E-state index in [1.165, 1.54) is 28.5 Å². The Morgan fingerprint density at radius 3 is 2.51 bits per heavy atom. The van der Waals surface area contributed by atoms with Crippen LogP contribution in [0, 0.1) is 20.8 Å². The monoisotopic (exact) mass is 691 g/mol. The van der Waals surface area contributed by atoms with Crippen LogP contribution in [-0.2, 0) is 11.4 Å². The SMILES string of the molecule is CCOc1ccccc1NC(=O)C1=C(C)Nc2nc(SCC)nn2C1c1cc(Br)c(OCc2cc(C)c(C)cc2C)c(OC)c1. The number of carbonyl (C=O) groups is 1. The number of methoxy groups -OCH3 is 1. The van der Waals surface area contributed by atoms with Crippen LogP contribution in [0.3, 0.4) is 0 Å². The highest BCUT2D eigenvalue weighted by molar-refractivity contribution is 9.10. The third-order valence-corrected chi connectivity index (χ3v) is 8.99. The van der Waals surface area contributed by atoms with Crippen molar-refractivity contribution in [3.63, 3.8) is 0 Å². The zero-order valence-electron chi connectivity index (χ0n) is 26.6. The van der Waals surface area contributed by atoms with Gasteiger partial charge in [-0.1, -0.05) is 43.0 Å². The molecule has 3 aromatic carbocycles. The van der Waals surface area contributed by atoms with Crippen molar-refractivity contribution >= 4 is 45.2 Å². The summed E-state index contributed by atoms with van der Waals surface area (Å²) in [6.45, 7) is 13.0. The first-order valence-electron chi connectivity index (χ1n) is 14.8. The second-order valence-electron chi connectivity index (χ2n) is 10.7. The average Bonchev–Trinajstić information content (AvgIpc) is 3.40. The minimum atomic E-state index is -0.611. The Morgan fingerprint density at radius 1 is 1.02 bits per heavy atom. The van der Waals surface area contributed by atoms with E-state index in [1.54, 1.807) is 11.8 Å². The molecule has 9 nitrogen and oxygen atoms in total. The lowest BCUT2D eigenvalue weighted by molar-refractivity contribution is -0.113. The van der Waals surface area contributed by atoms with Gasteiger partial charge in [-0.3, -0.25) is 4.79 Å². The quantitative estimate of drug-likeness (QED) is 0.153. The molecule has 2 heterocycles. The van der Waals surface area contributed by atoms with Gasteiger partial charge in [-0.05, 0) is 108 Å². The Balaban J connectivity index is 1.55. The molecule has 1 amide bonds. The predicted octanol–water partition coefficient (Wildman–Crippen LogP) is 7.99. The van der Waals surface area contributed by atoms with Gasteiger partial charge in [-0.25, -0.2) is 4.68 Å². The van der Waals surface area contributed by atoms with Gasteiger partial charge in [-0.2, -0.15) is 4.98 Å². The molecule has 11 heteroatoms. The number of rotatable bonds is 11. The molecule has 0 saturated heterocycles. The summed E-state index contributed by atoms with van der Waals surface area (Å²) in [6, 6.07) is 15.0.